The molecule has 0 fully saturated rings. The van der Waals surface area contributed by atoms with Crippen LogP contribution in [-0.4, -0.2) is 17.4 Å². The van der Waals surface area contributed by atoms with Crippen LogP contribution in [0.3, 0.4) is 0 Å². The summed E-state index contributed by atoms with van der Waals surface area (Å²) in [5.41, 5.74) is -1.09. The van der Waals surface area contributed by atoms with E-state index in [1.54, 1.807) is 6.92 Å². The van der Waals surface area contributed by atoms with Crippen molar-refractivity contribution in [3.05, 3.63) is 53.5 Å². The zero-order valence-electron chi connectivity index (χ0n) is 11.5. The van der Waals surface area contributed by atoms with Gasteiger partial charge in [-0.15, -0.1) is 0 Å². The van der Waals surface area contributed by atoms with Gasteiger partial charge in [-0.3, -0.25) is 9.78 Å². The van der Waals surface area contributed by atoms with Crippen LogP contribution in [0.4, 0.5) is 17.6 Å². The molecule has 1 aromatic heterocycles. The molecule has 2 rings (SSSR count). The summed E-state index contributed by atoms with van der Waals surface area (Å²) in [4.78, 5) is 15.5. The van der Waals surface area contributed by atoms with Crippen LogP contribution in [0.5, 0.6) is 0 Å². The van der Waals surface area contributed by atoms with Crippen molar-refractivity contribution in [3.8, 4) is 11.3 Å². The van der Waals surface area contributed by atoms with Crippen molar-refractivity contribution in [2.75, 3.05) is 6.54 Å². The predicted octanol–water partition coefficient (Wildman–Crippen LogP) is 3.66. The highest BCUT2D eigenvalue weighted by molar-refractivity contribution is 5.94. The number of alkyl halides is 3. The van der Waals surface area contributed by atoms with Crippen molar-refractivity contribution in [3.63, 3.8) is 0 Å². The molecule has 22 heavy (non-hydrogen) atoms. The summed E-state index contributed by atoms with van der Waals surface area (Å²) in [6.07, 6.45) is -3.51. The van der Waals surface area contributed by atoms with Crippen molar-refractivity contribution in [1.29, 1.82) is 0 Å². The molecule has 0 bridgehead atoms. The minimum atomic E-state index is -4.70. The number of rotatable bonds is 3. The van der Waals surface area contributed by atoms with E-state index in [9.17, 15) is 22.4 Å². The SMILES string of the molecule is CCNC(=O)c1ccc(-c2ccc(F)cc2C(F)(F)F)nc1. The number of benzene rings is 1. The summed E-state index contributed by atoms with van der Waals surface area (Å²) < 4.78 is 52.0. The first-order valence-electron chi connectivity index (χ1n) is 6.44. The molecule has 2 aromatic rings. The molecule has 0 aliphatic rings. The molecule has 116 valence electrons. The third kappa shape index (κ3) is 3.41. The number of pyridine rings is 1. The van der Waals surface area contributed by atoms with Crippen LogP contribution >= 0.6 is 0 Å². The molecule has 0 aliphatic carbocycles. The fourth-order valence-electron chi connectivity index (χ4n) is 1.92. The number of aromatic nitrogens is 1. The van der Waals surface area contributed by atoms with Crippen molar-refractivity contribution in [1.82, 2.24) is 10.3 Å². The monoisotopic (exact) mass is 312 g/mol. The van der Waals surface area contributed by atoms with Gasteiger partial charge in [0.15, 0.2) is 0 Å². The summed E-state index contributed by atoms with van der Waals surface area (Å²) in [5, 5.41) is 2.56. The normalized spacial score (nSPS) is 11.3. The number of hydrogen-bond donors (Lipinski definition) is 1. The third-order valence-corrected chi connectivity index (χ3v) is 2.93. The molecule has 3 nitrogen and oxygen atoms in total. The minimum absolute atomic E-state index is 0.0142. The Morgan fingerprint density at radius 1 is 1.23 bits per heavy atom. The molecule has 0 saturated heterocycles. The second-order valence-electron chi connectivity index (χ2n) is 4.48. The molecule has 0 aliphatic heterocycles. The van der Waals surface area contributed by atoms with E-state index in [4.69, 9.17) is 0 Å². The topological polar surface area (TPSA) is 42.0 Å². The van der Waals surface area contributed by atoms with Gasteiger partial charge in [0.05, 0.1) is 16.8 Å². The van der Waals surface area contributed by atoms with E-state index in [1.807, 2.05) is 0 Å². The highest BCUT2D eigenvalue weighted by Crippen LogP contribution is 2.36. The van der Waals surface area contributed by atoms with E-state index in [2.05, 4.69) is 10.3 Å². The number of carbonyl (C=O) groups excluding carboxylic acids is 1. The molecule has 0 unspecified atom stereocenters. The van der Waals surface area contributed by atoms with E-state index in [1.165, 1.54) is 18.3 Å². The van der Waals surface area contributed by atoms with Gasteiger partial charge in [-0.1, -0.05) is 0 Å². The second kappa shape index (κ2) is 6.13. The Kier molecular flexibility index (Phi) is 4.44. The van der Waals surface area contributed by atoms with Crippen LogP contribution in [0.1, 0.15) is 22.8 Å². The first kappa shape index (κ1) is 15.9. The molecule has 0 atom stereocenters. The van der Waals surface area contributed by atoms with Crippen LogP contribution in [0, 0.1) is 5.82 Å². The van der Waals surface area contributed by atoms with Gasteiger partial charge in [0.25, 0.3) is 5.91 Å². The molecule has 7 heteroatoms. The number of hydrogen-bond acceptors (Lipinski definition) is 2. The average molecular weight is 312 g/mol. The number of carbonyl (C=O) groups is 1. The average Bonchev–Trinajstić information content (AvgIpc) is 2.47. The lowest BCUT2D eigenvalue weighted by Crippen LogP contribution is -2.22. The molecular formula is C15H12F4N2O. The Labute approximate surface area is 124 Å². The number of amides is 1. The van der Waals surface area contributed by atoms with Gasteiger partial charge in [0.2, 0.25) is 0 Å². The second-order valence-corrected chi connectivity index (χ2v) is 4.48. The summed E-state index contributed by atoms with van der Waals surface area (Å²) in [5.74, 6) is -1.34. The first-order chi connectivity index (χ1) is 10.3. The molecule has 0 radical (unpaired) electrons. The maximum absolute atomic E-state index is 13.1. The lowest BCUT2D eigenvalue weighted by molar-refractivity contribution is -0.137. The van der Waals surface area contributed by atoms with Crippen LogP contribution in [-0.2, 0) is 6.18 Å². The lowest BCUT2D eigenvalue weighted by Gasteiger charge is -2.12. The molecule has 1 N–H and O–H groups in total. The molecular weight excluding hydrogens is 300 g/mol. The van der Waals surface area contributed by atoms with Gasteiger partial charge in [-0.2, -0.15) is 13.2 Å². The summed E-state index contributed by atoms with van der Waals surface area (Å²) in [6, 6.07) is 5.05. The fraction of sp³-hybridized carbons (Fsp3) is 0.200. The predicted molar refractivity (Wildman–Crippen MR) is 72.6 cm³/mol. The first-order valence-corrected chi connectivity index (χ1v) is 6.44. The number of halogens is 4. The highest BCUT2D eigenvalue weighted by Gasteiger charge is 2.34. The van der Waals surface area contributed by atoms with E-state index in [0.717, 1.165) is 12.1 Å². The zero-order valence-corrected chi connectivity index (χ0v) is 11.5. The van der Waals surface area contributed by atoms with Gasteiger partial charge in [-0.05, 0) is 37.3 Å². The third-order valence-electron chi connectivity index (χ3n) is 2.93. The summed E-state index contributed by atoms with van der Waals surface area (Å²) in [6.45, 7) is 2.17. The van der Waals surface area contributed by atoms with E-state index in [-0.39, 0.29) is 22.7 Å². The minimum Gasteiger partial charge on any atom is -0.352 e. The van der Waals surface area contributed by atoms with E-state index in [0.29, 0.717) is 12.6 Å². The van der Waals surface area contributed by atoms with Crippen molar-refractivity contribution in [2.24, 2.45) is 0 Å². The van der Waals surface area contributed by atoms with Gasteiger partial charge < -0.3 is 5.32 Å². The van der Waals surface area contributed by atoms with Crippen LogP contribution in [0.2, 0.25) is 0 Å². The molecule has 1 heterocycles. The van der Waals surface area contributed by atoms with E-state index >= 15 is 0 Å². The van der Waals surface area contributed by atoms with E-state index < -0.39 is 17.6 Å². The fourth-order valence-corrected chi connectivity index (χ4v) is 1.92. The van der Waals surface area contributed by atoms with Gasteiger partial charge in [0, 0.05) is 18.3 Å². The number of nitrogens with zero attached hydrogens (tertiary/aromatic N) is 1. The zero-order chi connectivity index (χ0) is 16.3. The van der Waals surface area contributed by atoms with Gasteiger partial charge >= 0.3 is 6.18 Å². The molecule has 0 spiro atoms. The van der Waals surface area contributed by atoms with Crippen molar-refractivity contribution in [2.45, 2.75) is 13.1 Å². The summed E-state index contributed by atoms with van der Waals surface area (Å²) >= 11 is 0. The Hall–Kier alpha value is -2.44. The maximum atomic E-state index is 13.1. The Bertz CT molecular complexity index is 681. The lowest BCUT2D eigenvalue weighted by atomic mass is 10.0. The highest BCUT2D eigenvalue weighted by atomic mass is 19.4. The quantitative estimate of drug-likeness (QED) is 0.879. The van der Waals surface area contributed by atoms with Crippen LogP contribution in [0.15, 0.2) is 36.5 Å². The standard InChI is InChI=1S/C15H12F4N2O/c1-2-20-14(22)9-3-6-13(21-8-9)11-5-4-10(16)7-12(11)15(17,18)19/h3-8H,2H2,1H3,(H,20,22). The molecule has 0 saturated carbocycles. The Balaban J connectivity index is 2.43. The smallest absolute Gasteiger partial charge is 0.352 e. The van der Waals surface area contributed by atoms with Gasteiger partial charge in [-0.25, -0.2) is 4.39 Å². The summed E-state index contributed by atoms with van der Waals surface area (Å²) in [7, 11) is 0. The largest absolute Gasteiger partial charge is 0.417 e. The van der Waals surface area contributed by atoms with Gasteiger partial charge in [0.1, 0.15) is 5.82 Å². The van der Waals surface area contributed by atoms with Crippen LogP contribution in [0.25, 0.3) is 11.3 Å². The Morgan fingerprint density at radius 3 is 2.50 bits per heavy atom. The maximum Gasteiger partial charge on any atom is 0.417 e. The Morgan fingerprint density at radius 2 is 1.95 bits per heavy atom. The van der Waals surface area contributed by atoms with Crippen molar-refractivity contribution < 1.29 is 22.4 Å². The molecule has 1 aromatic carbocycles. The molecule has 1 amide bonds. The van der Waals surface area contributed by atoms with Crippen LogP contribution < -0.4 is 5.32 Å². The van der Waals surface area contributed by atoms with Crippen molar-refractivity contribution >= 4 is 5.91 Å². The number of nitrogens with one attached hydrogen (secondary N) is 1.